The van der Waals surface area contributed by atoms with Crippen molar-refractivity contribution in [1.82, 2.24) is 0 Å². The van der Waals surface area contributed by atoms with Gasteiger partial charge in [-0.2, -0.15) is 0 Å². The number of fused-ring (bicyclic) bond motifs is 1. The molecule has 3 rings (SSSR count). The number of hydrogen-bond donors (Lipinski definition) is 2. The van der Waals surface area contributed by atoms with E-state index in [0.717, 1.165) is 0 Å². The van der Waals surface area contributed by atoms with E-state index in [4.69, 9.17) is 45.3 Å². The first-order valence-corrected chi connectivity index (χ1v) is 7.11. The molecule has 4 nitrogen and oxygen atoms in total. The van der Waals surface area contributed by atoms with E-state index in [-0.39, 0.29) is 5.91 Å². The van der Waals surface area contributed by atoms with Gasteiger partial charge in [0.05, 0.1) is 5.02 Å². The quantitative estimate of drug-likeness (QED) is 0.850. The van der Waals surface area contributed by atoms with E-state index in [1.807, 2.05) is 0 Å². The number of anilines is 1. The summed E-state index contributed by atoms with van der Waals surface area (Å²) in [5.74, 6) is 0.551. The highest BCUT2D eigenvalue weighted by Crippen LogP contribution is 2.40. The first-order valence-electron chi connectivity index (χ1n) is 5.98. The minimum atomic E-state index is -0.716. The van der Waals surface area contributed by atoms with Crippen LogP contribution in [0.5, 0.6) is 11.5 Å². The first-order chi connectivity index (χ1) is 9.94. The summed E-state index contributed by atoms with van der Waals surface area (Å²) in [6.07, 6.45) is 0. The minimum absolute atomic E-state index is 0.274. The van der Waals surface area contributed by atoms with Crippen molar-refractivity contribution < 1.29 is 9.53 Å². The highest BCUT2D eigenvalue weighted by Gasteiger charge is 2.28. The second-order valence-electron chi connectivity index (χ2n) is 4.54. The second-order valence-corrected chi connectivity index (χ2v) is 5.82. The SMILES string of the molecule is NC1C(=O)Nc2cc(Oc3cc(Cl)cc(Cl)c3)c(Cl)cc21. The third-order valence-corrected chi connectivity index (χ3v) is 3.78. The predicted molar refractivity (Wildman–Crippen MR) is 83.5 cm³/mol. The van der Waals surface area contributed by atoms with E-state index in [0.29, 0.717) is 37.8 Å². The molecule has 0 saturated carbocycles. The maximum absolute atomic E-state index is 11.5. The summed E-state index contributed by atoms with van der Waals surface area (Å²) in [6, 6.07) is 7.34. The Morgan fingerprint density at radius 1 is 1.05 bits per heavy atom. The molecule has 3 N–H and O–H groups in total. The zero-order chi connectivity index (χ0) is 15.1. The molecule has 7 heteroatoms. The monoisotopic (exact) mass is 342 g/mol. The zero-order valence-electron chi connectivity index (χ0n) is 10.5. The molecule has 0 spiro atoms. The number of rotatable bonds is 2. The lowest BCUT2D eigenvalue weighted by Gasteiger charge is -2.11. The molecular formula is C14H9Cl3N2O2. The minimum Gasteiger partial charge on any atom is -0.456 e. The molecule has 0 aliphatic carbocycles. The third-order valence-electron chi connectivity index (χ3n) is 3.04. The number of amides is 1. The van der Waals surface area contributed by atoms with E-state index in [1.165, 1.54) is 0 Å². The Balaban J connectivity index is 1.97. The van der Waals surface area contributed by atoms with Crippen molar-refractivity contribution in [2.45, 2.75) is 6.04 Å². The number of halogens is 3. The Bertz CT molecular complexity index is 729. The van der Waals surface area contributed by atoms with Gasteiger partial charge in [-0.05, 0) is 24.3 Å². The van der Waals surface area contributed by atoms with Gasteiger partial charge in [0.15, 0.2) is 0 Å². The lowest BCUT2D eigenvalue weighted by molar-refractivity contribution is -0.116. The highest BCUT2D eigenvalue weighted by molar-refractivity contribution is 6.35. The molecule has 0 saturated heterocycles. The number of hydrogen-bond acceptors (Lipinski definition) is 3. The van der Waals surface area contributed by atoms with Crippen LogP contribution in [0.15, 0.2) is 30.3 Å². The van der Waals surface area contributed by atoms with Gasteiger partial charge in [-0.1, -0.05) is 34.8 Å². The Kier molecular flexibility index (Phi) is 3.71. The molecule has 1 unspecified atom stereocenters. The molecule has 0 aromatic heterocycles. The fourth-order valence-electron chi connectivity index (χ4n) is 2.08. The summed E-state index contributed by atoms with van der Waals surface area (Å²) in [7, 11) is 0. The van der Waals surface area contributed by atoms with Crippen molar-refractivity contribution in [2.75, 3.05) is 5.32 Å². The Hall–Kier alpha value is -1.46. The standard InChI is InChI=1S/C14H9Cl3N2O2/c15-6-1-7(16)3-8(2-6)21-12-5-11-9(4-10(12)17)13(18)14(20)19-11/h1-5,13H,18H2,(H,19,20). The normalized spacial score (nSPS) is 16.6. The summed E-state index contributed by atoms with van der Waals surface area (Å²) in [5.41, 5.74) is 6.98. The number of ether oxygens (including phenoxy) is 1. The third kappa shape index (κ3) is 2.80. The van der Waals surface area contributed by atoms with Gasteiger partial charge < -0.3 is 15.8 Å². The number of benzene rings is 2. The molecule has 0 bridgehead atoms. The van der Waals surface area contributed by atoms with Crippen LogP contribution in [0.4, 0.5) is 5.69 Å². The lowest BCUT2D eigenvalue weighted by atomic mass is 10.1. The molecule has 2 aromatic carbocycles. The molecule has 21 heavy (non-hydrogen) atoms. The van der Waals surface area contributed by atoms with Gasteiger partial charge in [-0.15, -0.1) is 0 Å². The molecule has 1 amide bonds. The highest BCUT2D eigenvalue weighted by atomic mass is 35.5. The van der Waals surface area contributed by atoms with Crippen LogP contribution in [0, 0.1) is 0 Å². The summed E-state index contributed by atoms with van der Waals surface area (Å²) >= 11 is 18.0. The molecule has 1 aliphatic rings. The van der Waals surface area contributed by atoms with Crippen LogP contribution in [0.2, 0.25) is 15.1 Å². The fraction of sp³-hybridized carbons (Fsp3) is 0.0714. The van der Waals surface area contributed by atoms with E-state index in [9.17, 15) is 4.79 Å². The van der Waals surface area contributed by atoms with Crippen LogP contribution in [0.3, 0.4) is 0 Å². The molecule has 108 valence electrons. The van der Waals surface area contributed by atoms with Gasteiger partial charge in [0.25, 0.3) is 0 Å². The fourth-order valence-corrected chi connectivity index (χ4v) is 2.80. The van der Waals surface area contributed by atoms with Crippen LogP contribution in [-0.4, -0.2) is 5.91 Å². The van der Waals surface area contributed by atoms with E-state index in [1.54, 1.807) is 30.3 Å². The van der Waals surface area contributed by atoms with Crippen molar-refractivity contribution in [1.29, 1.82) is 0 Å². The van der Waals surface area contributed by atoms with Crippen LogP contribution in [0.1, 0.15) is 11.6 Å². The Morgan fingerprint density at radius 2 is 1.71 bits per heavy atom. The van der Waals surface area contributed by atoms with Gasteiger partial charge in [-0.3, -0.25) is 4.79 Å². The molecule has 1 aliphatic heterocycles. The Morgan fingerprint density at radius 3 is 2.38 bits per heavy atom. The summed E-state index contributed by atoms with van der Waals surface area (Å²) in [5, 5.41) is 3.91. The molecule has 1 heterocycles. The van der Waals surface area contributed by atoms with Crippen molar-refractivity contribution in [3.8, 4) is 11.5 Å². The Labute approximate surface area is 135 Å². The molecule has 1 atom stereocenters. The van der Waals surface area contributed by atoms with Crippen LogP contribution in [0.25, 0.3) is 0 Å². The van der Waals surface area contributed by atoms with Crippen molar-refractivity contribution in [3.63, 3.8) is 0 Å². The van der Waals surface area contributed by atoms with Crippen LogP contribution >= 0.6 is 34.8 Å². The maximum atomic E-state index is 11.5. The lowest BCUT2D eigenvalue weighted by Crippen LogP contribution is -2.19. The van der Waals surface area contributed by atoms with E-state index in [2.05, 4.69) is 5.32 Å². The van der Waals surface area contributed by atoms with Crippen molar-refractivity contribution >= 4 is 46.4 Å². The number of nitrogens with one attached hydrogen (secondary N) is 1. The van der Waals surface area contributed by atoms with Gasteiger partial charge in [-0.25, -0.2) is 0 Å². The van der Waals surface area contributed by atoms with Crippen molar-refractivity contribution in [2.24, 2.45) is 5.73 Å². The van der Waals surface area contributed by atoms with E-state index >= 15 is 0 Å². The molecular weight excluding hydrogens is 335 g/mol. The van der Waals surface area contributed by atoms with Gasteiger partial charge >= 0.3 is 0 Å². The smallest absolute Gasteiger partial charge is 0.245 e. The van der Waals surface area contributed by atoms with E-state index < -0.39 is 6.04 Å². The summed E-state index contributed by atoms with van der Waals surface area (Å²) < 4.78 is 5.67. The molecule has 0 fully saturated rings. The summed E-state index contributed by atoms with van der Waals surface area (Å²) in [4.78, 5) is 11.5. The number of carbonyl (C=O) groups is 1. The molecule has 2 aromatic rings. The topological polar surface area (TPSA) is 64.4 Å². The van der Waals surface area contributed by atoms with Gasteiger partial charge in [0, 0.05) is 27.4 Å². The molecule has 0 radical (unpaired) electrons. The first kappa shape index (κ1) is 14.5. The van der Waals surface area contributed by atoms with Gasteiger partial charge in [0.1, 0.15) is 17.5 Å². The number of nitrogens with two attached hydrogens (primary N) is 1. The number of carbonyl (C=O) groups excluding carboxylic acids is 1. The predicted octanol–water partition coefficient (Wildman–Crippen LogP) is 4.39. The zero-order valence-corrected chi connectivity index (χ0v) is 12.8. The second kappa shape index (κ2) is 5.39. The van der Waals surface area contributed by atoms with Crippen LogP contribution < -0.4 is 15.8 Å². The van der Waals surface area contributed by atoms with Crippen molar-refractivity contribution in [3.05, 3.63) is 51.0 Å². The maximum Gasteiger partial charge on any atom is 0.245 e. The van der Waals surface area contributed by atoms with Gasteiger partial charge in [0.2, 0.25) is 5.91 Å². The van der Waals surface area contributed by atoms with Crippen LogP contribution in [-0.2, 0) is 4.79 Å². The summed E-state index contributed by atoms with van der Waals surface area (Å²) in [6.45, 7) is 0. The largest absolute Gasteiger partial charge is 0.456 e. The average Bonchev–Trinajstić information content (AvgIpc) is 2.65. The average molecular weight is 344 g/mol.